The smallest absolute Gasteiger partial charge is 0.181 e. The highest BCUT2D eigenvalue weighted by Gasteiger charge is 2.32. The van der Waals surface area contributed by atoms with Crippen molar-refractivity contribution < 1.29 is 4.42 Å². The molecule has 0 aliphatic carbocycles. The predicted octanol–water partition coefficient (Wildman–Crippen LogP) is 8.12. The van der Waals surface area contributed by atoms with E-state index in [-0.39, 0.29) is 21.7 Å². The molecule has 0 radical (unpaired) electrons. The fraction of sp³-hybridized carbons (Fsp3) is 0.533. The number of hydrogen-bond donors (Lipinski definition) is 1. The number of aromatic amines is 1. The quantitative estimate of drug-likeness (QED) is 0.336. The number of benzene rings is 2. The van der Waals surface area contributed by atoms with Crippen LogP contribution in [0.5, 0.6) is 0 Å². The van der Waals surface area contributed by atoms with Crippen molar-refractivity contribution in [1.29, 1.82) is 0 Å². The lowest BCUT2D eigenvalue weighted by Gasteiger charge is -2.32. The summed E-state index contributed by atoms with van der Waals surface area (Å²) in [5.74, 6) is 1.02. The molecule has 34 heavy (non-hydrogen) atoms. The maximum atomic E-state index is 5.68. The van der Waals surface area contributed by atoms with Crippen LogP contribution in [0.25, 0.3) is 22.1 Å². The fourth-order valence-corrected chi connectivity index (χ4v) is 5.03. The third-order valence-electron chi connectivity index (χ3n) is 6.90. The molecule has 0 spiro atoms. The van der Waals surface area contributed by atoms with Crippen molar-refractivity contribution in [2.75, 3.05) is 0 Å². The third kappa shape index (κ3) is 4.52. The summed E-state index contributed by atoms with van der Waals surface area (Å²) in [5.41, 5.74) is 9.24. The Balaban J connectivity index is 1.81. The molecule has 2 heterocycles. The Labute approximate surface area is 204 Å². The number of hydrogen-bond acceptors (Lipinski definition) is 3. The molecular weight excluding hydrogens is 418 g/mol. The molecule has 0 bridgehead atoms. The van der Waals surface area contributed by atoms with Crippen LogP contribution < -0.4 is 0 Å². The lowest BCUT2D eigenvalue weighted by atomic mass is 9.72. The predicted molar refractivity (Wildman–Crippen MR) is 143 cm³/mol. The second-order valence-electron chi connectivity index (χ2n) is 13.6. The average Bonchev–Trinajstić information content (AvgIpc) is 3.28. The first-order chi connectivity index (χ1) is 15.5. The number of nitrogens with zero attached hydrogens (tertiary/aromatic N) is 2. The van der Waals surface area contributed by atoms with Crippen LogP contribution in [0.2, 0.25) is 0 Å². The minimum Gasteiger partial charge on any atom is -0.443 e. The van der Waals surface area contributed by atoms with Crippen LogP contribution in [0.1, 0.15) is 104 Å². The monoisotopic (exact) mass is 459 g/mol. The molecule has 4 aromatic rings. The maximum Gasteiger partial charge on any atom is 0.181 e. The van der Waals surface area contributed by atoms with Crippen LogP contribution in [-0.4, -0.2) is 15.0 Å². The molecule has 0 atom stereocenters. The van der Waals surface area contributed by atoms with Crippen molar-refractivity contribution in [3.8, 4) is 0 Å². The molecule has 0 saturated heterocycles. The van der Waals surface area contributed by atoms with E-state index < -0.39 is 0 Å². The summed E-state index contributed by atoms with van der Waals surface area (Å²) in [6, 6.07) is 8.99. The molecule has 0 saturated carbocycles. The highest BCUT2D eigenvalue weighted by atomic mass is 16.3. The molecule has 4 nitrogen and oxygen atoms in total. The Hall–Kier alpha value is -2.62. The molecule has 2 aromatic carbocycles. The molecule has 1 N–H and O–H groups in total. The molecule has 0 aliphatic rings. The van der Waals surface area contributed by atoms with Crippen molar-refractivity contribution in [3.05, 3.63) is 58.7 Å². The highest BCUT2D eigenvalue weighted by Crippen LogP contribution is 2.39. The van der Waals surface area contributed by atoms with E-state index in [2.05, 4.69) is 110 Å². The topological polar surface area (TPSA) is 54.7 Å². The van der Waals surface area contributed by atoms with Crippen molar-refractivity contribution in [1.82, 2.24) is 15.0 Å². The van der Waals surface area contributed by atoms with Gasteiger partial charge in [-0.1, -0.05) is 76.2 Å². The zero-order valence-corrected chi connectivity index (χ0v) is 22.9. The SMILES string of the molecule is CC(C)(C)c1cc2nc(CC(C)(C)c3cc4ocnc4cc3C(C)(C)C)[nH]c2cc1C(C)(C)C. The van der Waals surface area contributed by atoms with Crippen molar-refractivity contribution in [2.45, 2.75) is 104 Å². The summed E-state index contributed by atoms with van der Waals surface area (Å²) in [4.78, 5) is 13.1. The molecule has 4 rings (SSSR count). The summed E-state index contributed by atoms with van der Waals surface area (Å²) < 4.78 is 5.68. The molecule has 0 unspecified atom stereocenters. The van der Waals surface area contributed by atoms with Gasteiger partial charge in [-0.3, -0.25) is 0 Å². The number of nitrogens with one attached hydrogen (secondary N) is 1. The molecule has 4 heteroatoms. The summed E-state index contributed by atoms with van der Waals surface area (Å²) >= 11 is 0. The minimum atomic E-state index is -0.142. The Morgan fingerprint density at radius 1 is 0.676 bits per heavy atom. The van der Waals surface area contributed by atoms with E-state index >= 15 is 0 Å². The lowest BCUT2D eigenvalue weighted by Crippen LogP contribution is -2.27. The van der Waals surface area contributed by atoms with E-state index in [0.29, 0.717) is 0 Å². The fourth-order valence-electron chi connectivity index (χ4n) is 5.03. The number of rotatable bonds is 3. The van der Waals surface area contributed by atoms with Crippen LogP contribution in [-0.2, 0) is 28.1 Å². The Bertz CT molecular complexity index is 1300. The number of H-pyrrole nitrogens is 1. The molecule has 182 valence electrons. The summed E-state index contributed by atoms with van der Waals surface area (Å²) in [6.45, 7) is 25.1. The van der Waals surface area contributed by atoms with Gasteiger partial charge in [0.05, 0.1) is 11.0 Å². The van der Waals surface area contributed by atoms with E-state index in [9.17, 15) is 0 Å². The van der Waals surface area contributed by atoms with Gasteiger partial charge in [-0.05, 0) is 68.2 Å². The minimum absolute atomic E-state index is 0.00313. The van der Waals surface area contributed by atoms with E-state index in [1.54, 1.807) is 0 Å². The van der Waals surface area contributed by atoms with E-state index in [1.165, 1.54) is 28.6 Å². The zero-order valence-electron chi connectivity index (χ0n) is 22.9. The van der Waals surface area contributed by atoms with Crippen LogP contribution in [0, 0.1) is 0 Å². The molecule has 2 aromatic heterocycles. The van der Waals surface area contributed by atoms with Crippen LogP contribution in [0.3, 0.4) is 0 Å². The Morgan fingerprint density at radius 3 is 1.79 bits per heavy atom. The molecular formula is C30H41N3O. The summed E-state index contributed by atoms with van der Waals surface area (Å²) in [5, 5.41) is 0. The molecule has 0 fully saturated rings. The van der Waals surface area contributed by atoms with Gasteiger partial charge in [-0.15, -0.1) is 0 Å². The number of imidazole rings is 1. The molecule has 0 aliphatic heterocycles. The summed E-state index contributed by atoms with van der Waals surface area (Å²) in [6.07, 6.45) is 2.34. The molecule has 0 amide bonds. The average molecular weight is 460 g/mol. The first-order valence-electron chi connectivity index (χ1n) is 12.4. The van der Waals surface area contributed by atoms with Gasteiger partial charge in [-0.25, -0.2) is 9.97 Å². The second kappa shape index (κ2) is 7.69. The number of fused-ring (bicyclic) bond motifs is 2. The maximum absolute atomic E-state index is 5.68. The third-order valence-corrected chi connectivity index (χ3v) is 6.90. The van der Waals surface area contributed by atoms with Gasteiger partial charge >= 0.3 is 0 Å². The first kappa shape index (κ1) is 24.5. The van der Waals surface area contributed by atoms with Crippen molar-refractivity contribution in [3.63, 3.8) is 0 Å². The van der Waals surface area contributed by atoms with Gasteiger partial charge in [0.2, 0.25) is 0 Å². The van der Waals surface area contributed by atoms with Crippen LogP contribution in [0.15, 0.2) is 35.1 Å². The second-order valence-corrected chi connectivity index (χ2v) is 13.6. The first-order valence-corrected chi connectivity index (χ1v) is 12.4. The highest BCUT2D eigenvalue weighted by molar-refractivity contribution is 5.78. The number of oxazole rings is 1. The van der Waals surface area contributed by atoms with E-state index in [0.717, 1.165) is 34.4 Å². The Morgan fingerprint density at radius 2 is 1.21 bits per heavy atom. The zero-order chi connectivity index (χ0) is 25.3. The van der Waals surface area contributed by atoms with Gasteiger partial charge in [0, 0.05) is 6.42 Å². The normalized spacial score (nSPS) is 13.9. The van der Waals surface area contributed by atoms with Gasteiger partial charge < -0.3 is 9.40 Å². The standard InChI is InChI=1S/C30H41N3O/c1-27(2,3)18-12-22-23(13-19(18)28(4,5)6)33-26(32-22)16-30(10,11)21-15-25-24(31-17-34-25)14-20(21)29(7,8)9/h12-15,17H,16H2,1-11H3,(H,32,33). The van der Waals surface area contributed by atoms with Crippen LogP contribution >= 0.6 is 0 Å². The van der Waals surface area contributed by atoms with Gasteiger partial charge in [-0.2, -0.15) is 0 Å². The van der Waals surface area contributed by atoms with Gasteiger partial charge in [0.25, 0.3) is 0 Å². The van der Waals surface area contributed by atoms with E-state index in [1.807, 2.05) is 0 Å². The van der Waals surface area contributed by atoms with Crippen LogP contribution in [0.4, 0.5) is 0 Å². The van der Waals surface area contributed by atoms with Gasteiger partial charge in [0.15, 0.2) is 12.0 Å². The number of aromatic nitrogens is 3. The summed E-state index contributed by atoms with van der Waals surface area (Å²) in [7, 11) is 0. The van der Waals surface area contributed by atoms with Gasteiger partial charge in [0.1, 0.15) is 11.3 Å². The largest absolute Gasteiger partial charge is 0.443 e. The van der Waals surface area contributed by atoms with E-state index in [4.69, 9.17) is 9.40 Å². The van der Waals surface area contributed by atoms with Crippen molar-refractivity contribution in [2.24, 2.45) is 0 Å². The Kier molecular flexibility index (Phi) is 5.54. The lowest BCUT2D eigenvalue weighted by molar-refractivity contribution is 0.482. The van der Waals surface area contributed by atoms with Crippen molar-refractivity contribution >= 4 is 22.1 Å².